The molecule has 0 atom stereocenters. The number of halogens is 1. The minimum Gasteiger partial charge on any atom is -0.468 e. The van der Waals surface area contributed by atoms with Gasteiger partial charge in [0.25, 0.3) is 0 Å². The van der Waals surface area contributed by atoms with Crippen molar-refractivity contribution in [1.29, 1.82) is 0 Å². The Morgan fingerprint density at radius 1 is 1.60 bits per heavy atom. The number of ether oxygens (including phenoxy) is 1. The fourth-order valence-corrected chi connectivity index (χ4v) is 0.787. The van der Waals surface area contributed by atoms with Gasteiger partial charge in [0.1, 0.15) is 0 Å². The lowest BCUT2D eigenvalue weighted by Crippen LogP contribution is -2.41. The summed E-state index contributed by atoms with van der Waals surface area (Å²) in [5.74, 6) is -0.130. The topological polar surface area (TPSA) is 29.5 Å². The predicted octanol–water partition coefficient (Wildman–Crippen LogP) is 0.287. The molecule has 10 heavy (non-hydrogen) atoms. The van der Waals surface area contributed by atoms with Crippen molar-refractivity contribution in [3.63, 3.8) is 0 Å². The zero-order chi connectivity index (χ0) is 6.69. The van der Waals surface area contributed by atoms with E-state index in [9.17, 15) is 4.79 Å². The largest absolute Gasteiger partial charge is 0.468 e. The number of nitrogens with zero attached hydrogens (tertiary/aromatic N) is 1. The van der Waals surface area contributed by atoms with Crippen LogP contribution in [0.3, 0.4) is 0 Å². The number of hydrogen-bond acceptors (Lipinski definition) is 3. The van der Waals surface area contributed by atoms with Crippen LogP contribution in [-0.4, -0.2) is 37.6 Å². The Bertz CT molecular complexity index is 114. The molecule has 1 aliphatic heterocycles. The van der Waals surface area contributed by atoms with Gasteiger partial charge in [0.15, 0.2) is 0 Å². The van der Waals surface area contributed by atoms with Gasteiger partial charge < -0.3 is 4.74 Å². The van der Waals surface area contributed by atoms with Gasteiger partial charge in [0.05, 0.1) is 13.7 Å². The Morgan fingerprint density at radius 2 is 2.20 bits per heavy atom. The van der Waals surface area contributed by atoms with Gasteiger partial charge in [-0.3, -0.25) is 9.69 Å². The van der Waals surface area contributed by atoms with Crippen molar-refractivity contribution in [3.05, 3.63) is 0 Å². The molecular formula is C6H12ClNO2. The van der Waals surface area contributed by atoms with Gasteiger partial charge in [-0.15, -0.1) is 12.4 Å². The number of methoxy groups -OCH3 is 1. The minimum atomic E-state index is -0.130. The van der Waals surface area contributed by atoms with Crippen molar-refractivity contribution in [2.45, 2.75) is 6.42 Å². The maximum Gasteiger partial charge on any atom is 0.319 e. The highest BCUT2D eigenvalue weighted by molar-refractivity contribution is 5.85. The maximum absolute atomic E-state index is 10.6. The van der Waals surface area contributed by atoms with E-state index in [1.165, 1.54) is 13.5 Å². The van der Waals surface area contributed by atoms with Crippen molar-refractivity contribution in [2.24, 2.45) is 0 Å². The first-order chi connectivity index (χ1) is 4.33. The van der Waals surface area contributed by atoms with Crippen LogP contribution < -0.4 is 0 Å². The van der Waals surface area contributed by atoms with E-state index in [0.29, 0.717) is 6.54 Å². The Balaban J connectivity index is 0.000000810. The molecule has 1 rings (SSSR count). The molecule has 0 radical (unpaired) electrons. The molecule has 1 fully saturated rings. The molecule has 0 amide bonds. The second kappa shape index (κ2) is 4.52. The molecule has 0 unspecified atom stereocenters. The van der Waals surface area contributed by atoms with Crippen LogP contribution in [0.4, 0.5) is 0 Å². The van der Waals surface area contributed by atoms with E-state index in [-0.39, 0.29) is 18.4 Å². The predicted molar refractivity (Wildman–Crippen MR) is 40.3 cm³/mol. The maximum atomic E-state index is 10.6. The number of carbonyl (C=O) groups excluding carboxylic acids is 1. The fourth-order valence-electron chi connectivity index (χ4n) is 0.787. The highest BCUT2D eigenvalue weighted by Crippen LogP contribution is 2.03. The molecule has 1 heterocycles. The van der Waals surface area contributed by atoms with Crippen molar-refractivity contribution in [3.8, 4) is 0 Å². The molecule has 3 nitrogen and oxygen atoms in total. The van der Waals surface area contributed by atoms with E-state index in [2.05, 4.69) is 9.64 Å². The summed E-state index contributed by atoms with van der Waals surface area (Å²) in [4.78, 5) is 12.6. The first-order valence-electron chi connectivity index (χ1n) is 3.12. The van der Waals surface area contributed by atoms with Gasteiger partial charge in [0.2, 0.25) is 0 Å². The molecule has 0 aliphatic carbocycles. The molecular weight excluding hydrogens is 154 g/mol. The van der Waals surface area contributed by atoms with Gasteiger partial charge in [-0.25, -0.2) is 0 Å². The highest BCUT2D eigenvalue weighted by atomic mass is 35.5. The van der Waals surface area contributed by atoms with Gasteiger partial charge >= 0.3 is 5.97 Å². The molecule has 1 saturated heterocycles. The average molecular weight is 166 g/mol. The van der Waals surface area contributed by atoms with Crippen LogP contribution in [0, 0.1) is 0 Å². The van der Waals surface area contributed by atoms with Crippen molar-refractivity contribution >= 4 is 18.4 Å². The standard InChI is InChI=1S/C6H11NO2.ClH/c1-9-6(8)5-7-3-2-4-7;/h2-5H2,1H3;1H. The molecule has 0 spiro atoms. The number of rotatable bonds is 2. The van der Waals surface area contributed by atoms with Crippen LogP contribution in [0.1, 0.15) is 6.42 Å². The number of likely N-dealkylation sites (tertiary alicyclic amines) is 1. The molecule has 0 aromatic carbocycles. The van der Waals surface area contributed by atoms with Crippen molar-refractivity contribution < 1.29 is 9.53 Å². The molecule has 0 N–H and O–H groups in total. The SMILES string of the molecule is COC(=O)CN1CCC1.Cl. The van der Waals surface area contributed by atoms with Crippen LogP contribution >= 0.6 is 12.4 Å². The second-order valence-corrected chi connectivity index (χ2v) is 2.21. The van der Waals surface area contributed by atoms with Crippen LogP contribution in [0.5, 0.6) is 0 Å². The van der Waals surface area contributed by atoms with E-state index < -0.39 is 0 Å². The van der Waals surface area contributed by atoms with Crippen molar-refractivity contribution in [1.82, 2.24) is 4.90 Å². The zero-order valence-corrected chi connectivity index (χ0v) is 6.82. The monoisotopic (exact) mass is 165 g/mol. The van der Waals surface area contributed by atoms with Gasteiger partial charge in [-0.05, 0) is 19.5 Å². The first kappa shape index (κ1) is 9.72. The lowest BCUT2D eigenvalue weighted by atomic mass is 10.2. The summed E-state index contributed by atoms with van der Waals surface area (Å²) in [6.07, 6.45) is 1.22. The van der Waals surface area contributed by atoms with Crippen LogP contribution in [-0.2, 0) is 9.53 Å². The smallest absolute Gasteiger partial charge is 0.319 e. The van der Waals surface area contributed by atoms with E-state index in [4.69, 9.17) is 0 Å². The number of esters is 1. The average Bonchev–Trinajstić information content (AvgIpc) is 1.78. The first-order valence-corrected chi connectivity index (χ1v) is 3.12. The lowest BCUT2D eigenvalue weighted by Gasteiger charge is -2.28. The Morgan fingerprint density at radius 3 is 2.50 bits per heavy atom. The molecule has 0 bridgehead atoms. The van der Waals surface area contributed by atoms with Gasteiger partial charge in [-0.1, -0.05) is 0 Å². The Hall–Kier alpha value is -0.280. The lowest BCUT2D eigenvalue weighted by molar-refractivity contribution is -0.142. The fraction of sp³-hybridized carbons (Fsp3) is 0.833. The molecule has 0 aromatic rings. The Labute approximate surface area is 66.7 Å². The summed E-state index contributed by atoms with van der Waals surface area (Å²) in [5.41, 5.74) is 0. The highest BCUT2D eigenvalue weighted by Gasteiger charge is 2.16. The molecule has 60 valence electrons. The van der Waals surface area contributed by atoms with E-state index >= 15 is 0 Å². The van der Waals surface area contributed by atoms with Crippen molar-refractivity contribution in [2.75, 3.05) is 26.7 Å². The minimum absolute atomic E-state index is 0. The van der Waals surface area contributed by atoms with E-state index in [0.717, 1.165) is 13.1 Å². The molecule has 0 aromatic heterocycles. The quantitative estimate of drug-likeness (QED) is 0.551. The summed E-state index contributed by atoms with van der Waals surface area (Å²) in [6.45, 7) is 2.57. The summed E-state index contributed by atoms with van der Waals surface area (Å²) in [7, 11) is 1.42. The molecule has 1 aliphatic rings. The normalized spacial score (nSPS) is 16.9. The number of hydrogen-bond donors (Lipinski definition) is 0. The van der Waals surface area contributed by atoms with Crippen LogP contribution in [0.25, 0.3) is 0 Å². The van der Waals surface area contributed by atoms with Crippen LogP contribution in [0.15, 0.2) is 0 Å². The Kier molecular flexibility index (Phi) is 4.40. The third-order valence-corrected chi connectivity index (χ3v) is 1.53. The second-order valence-electron chi connectivity index (χ2n) is 2.21. The van der Waals surface area contributed by atoms with Crippen LogP contribution in [0.2, 0.25) is 0 Å². The zero-order valence-electron chi connectivity index (χ0n) is 6.00. The molecule has 0 saturated carbocycles. The van der Waals surface area contributed by atoms with E-state index in [1.54, 1.807) is 0 Å². The number of carbonyl (C=O) groups is 1. The summed E-state index contributed by atoms with van der Waals surface area (Å²) in [5, 5.41) is 0. The van der Waals surface area contributed by atoms with Gasteiger partial charge in [-0.2, -0.15) is 0 Å². The summed E-state index contributed by atoms with van der Waals surface area (Å²) >= 11 is 0. The van der Waals surface area contributed by atoms with E-state index in [1.807, 2.05) is 0 Å². The van der Waals surface area contributed by atoms with Gasteiger partial charge in [0, 0.05) is 0 Å². The third kappa shape index (κ3) is 2.54. The third-order valence-electron chi connectivity index (χ3n) is 1.53. The molecule has 4 heteroatoms. The summed E-state index contributed by atoms with van der Waals surface area (Å²) in [6, 6.07) is 0. The summed E-state index contributed by atoms with van der Waals surface area (Å²) < 4.78 is 4.48.